The zero-order valence-electron chi connectivity index (χ0n) is 12.9. The number of anilines is 1. The number of rotatable bonds is 4. The summed E-state index contributed by atoms with van der Waals surface area (Å²) in [6.45, 7) is 1.78. The first-order valence-corrected chi connectivity index (χ1v) is 7.75. The molecule has 0 aliphatic carbocycles. The van der Waals surface area contributed by atoms with Gasteiger partial charge in [-0.1, -0.05) is 18.2 Å². The molecule has 0 aromatic heterocycles. The first-order chi connectivity index (χ1) is 11.1. The molecule has 7 nitrogen and oxygen atoms in total. The number of nitrogens with zero attached hydrogens (tertiary/aromatic N) is 3. The Hall–Kier alpha value is -2.41. The molecule has 0 atom stereocenters. The third-order valence-electron chi connectivity index (χ3n) is 4.38. The van der Waals surface area contributed by atoms with Gasteiger partial charge in [0.2, 0.25) is 5.91 Å². The van der Waals surface area contributed by atoms with Crippen LogP contribution in [0.4, 0.5) is 10.5 Å². The third-order valence-corrected chi connectivity index (χ3v) is 4.38. The molecule has 3 rings (SSSR count). The summed E-state index contributed by atoms with van der Waals surface area (Å²) in [5.41, 5.74) is 5.81. The standard InChI is InChI=1S/C16H20N4O3/c17-14(21)10-18-8-6-12(7-9-18)19-11-15(22)20(16(19)23)13-4-2-1-3-5-13/h1-5,12H,6-11H2,(H2,17,21). The van der Waals surface area contributed by atoms with E-state index in [1.54, 1.807) is 29.2 Å². The molecule has 7 heteroatoms. The maximum atomic E-state index is 12.6. The highest BCUT2D eigenvalue weighted by Crippen LogP contribution is 2.26. The fraction of sp³-hybridized carbons (Fsp3) is 0.438. The molecule has 2 aliphatic rings. The van der Waals surface area contributed by atoms with Crippen molar-refractivity contribution in [3.05, 3.63) is 30.3 Å². The number of carbonyl (C=O) groups is 3. The number of urea groups is 1. The van der Waals surface area contributed by atoms with Crippen LogP contribution in [0.25, 0.3) is 0 Å². The van der Waals surface area contributed by atoms with E-state index in [0.717, 1.165) is 12.8 Å². The molecule has 2 aliphatic heterocycles. The van der Waals surface area contributed by atoms with Gasteiger partial charge in [-0.2, -0.15) is 0 Å². The van der Waals surface area contributed by atoms with Gasteiger partial charge < -0.3 is 10.6 Å². The van der Waals surface area contributed by atoms with Crippen molar-refractivity contribution in [1.29, 1.82) is 0 Å². The lowest BCUT2D eigenvalue weighted by molar-refractivity contribution is -0.119. The molecular formula is C16H20N4O3. The second-order valence-electron chi connectivity index (χ2n) is 5.95. The van der Waals surface area contributed by atoms with Crippen molar-refractivity contribution in [2.45, 2.75) is 18.9 Å². The zero-order valence-corrected chi connectivity index (χ0v) is 12.9. The van der Waals surface area contributed by atoms with E-state index < -0.39 is 0 Å². The Kier molecular flexibility index (Phi) is 4.29. The number of hydrogen-bond donors (Lipinski definition) is 1. The predicted molar refractivity (Wildman–Crippen MR) is 84.7 cm³/mol. The van der Waals surface area contributed by atoms with Crippen LogP contribution in [0.2, 0.25) is 0 Å². The monoisotopic (exact) mass is 316 g/mol. The van der Waals surface area contributed by atoms with Crippen molar-refractivity contribution in [2.24, 2.45) is 5.73 Å². The third kappa shape index (κ3) is 3.19. The number of primary amides is 1. The van der Waals surface area contributed by atoms with Crippen molar-refractivity contribution in [3.63, 3.8) is 0 Å². The highest BCUT2D eigenvalue weighted by Gasteiger charge is 2.41. The molecule has 2 fully saturated rings. The number of nitrogens with two attached hydrogens (primary N) is 1. The second kappa shape index (κ2) is 6.37. The molecule has 2 saturated heterocycles. The van der Waals surface area contributed by atoms with Crippen LogP contribution >= 0.6 is 0 Å². The Labute approximate surface area is 134 Å². The highest BCUT2D eigenvalue weighted by atomic mass is 16.2. The van der Waals surface area contributed by atoms with Crippen LogP contribution in [-0.2, 0) is 9.59 Å². The van der Waals surface area contributed by atoms with Gasteiger partial charge in [-0.3, -0.25) is 14.5 Å². The normalized spacial score (nSPS) is 20.3. The van der Waals surface area contributed by atoms with E-state index in [2.05, 4.69) is 0 Å². The van der Waals surface area contributed by atoms with Crippen LogP contribution in [0.15, 0.2) is 30.3 Å². The number of carbonyl (C=O) groups excluding carboxylic acids is 3. The van der Waals surface area contributed by atoms with Crippen molar-refractivity contribution >= 4 is 23.5 Å². The number of piperidine rings is 1. The topological polar surface area (TPSA) is 87.0 Å². The largest absolute Gasteiger partial charge is 0.369 e. The summed E-state index contributed by atoms with van der Waals surface area (Å²) in [5, 5.41) is 0. The van der Waals surface area contributed by atoms with Crippen molar-refractivity contribution in [2.75, 3.05) is 31.1 Å². The summed E-state index contributed by atoms with van der Waals surface area (Å²) in [6, 6.07) is 8.75. The van der Waals surface area contributed by atoms with Gasteiger partial charge >= 0.3 is 6.03 Å². The summed E-state index contributed by atoms with van der Waals surface area (Å²) in [4.78, 5) is 40.7. The maximum Gasteiger partial charge on any atom is 0.332 e. The fourth-order valence-corrected chi connectivity index (χ4v) is 3.25. The molecular weight excluding hydrogens is 296 g/mol. The molecule has 0 radical (unpaired) electrons. The molecule has 0 saturated carbocycles. The number of amides is 4. The Bertz CT molecular complexity index is 611. The molecule has 0 unspecified atom stereocenters. The predicted octanol–water partition coefficient (Wildman–Crippen LogP) is 0.405. The first kappa shape index (κ1) is 15.5. The van der Waals surface area contributed by atoms with Crippen LogP contribution in [0.3, 0.4) is 0 Å². The average molecular weight is 316 g/mol. The Morgan fingerprint density at radius 3 is 2.39 bits per heavy atom. The van der Waals surface area contributed by atoms with Crippen LogP contribution < -0.4 is 10.6 Å². The molecule has 4 amide bonds. The van der Waals surface area contributed by atoms with Gasteiger partial charge in [0.1, 0.15) is 6.54 Å². The molecule has 1 aromatic carbocycles. The minimum Gasteiger partial charge on any atom is -0.369 e. The minimum atomic E-state index is -0.342. The van der Waals surface area contributed by atoms with Gasteiger partial charge in [0.15, 0.2) is 0 Å². The Balaban J connectivity index is 1.65. The molecule has 23 heavy (non-hydrogen) atoms. The number of para-hydroxylation sites is 1. The Morgan fingerprint density at radius 1 is 1.13 bits per heavy atom. The van der Waals surface area contributed by atoms with E-state index in [-0.39, 0.29) is 37.0 Å². The van der Waals surface area contributed by atoms with Gasteiger partial charge in [-0.15, -0.1) is 0 Å². The molecule has 2 N–H and O–H groups in total. The second-order valence-corrected chi connectivity index (χ2v) is 5.95. The summed E-state index contributed by atoms with van der Waals surface area (Å²) in [5.74, 6) is -0.535. The molecule has 0 bridgehead atoms. The fourth-order valence-electron chi connectivity index (χ4n) is 3.25. The van der Waals surface area contributed by atoms with Crippen LogP contribution in [0.1, 0.15) is 12.8 Å². The van der Waals surface area contributed by atoms with Crippen molar-refractivity contribution in [3.8, 4) is 0 Å². The van der Waals surface area contributed by atoms with E-state index in [4.69, 9.17) is 5.73 Å². The molecule has 122 valence electrons. The van der Waals surface area contributed by atoms with Crippen LogP contribution in [0.5, 0.6) is 0 Å². The molecule has 0 spiro atoms. The maximum absolute atomic E-state index is 12.6. The van der Waals surface area contributed by atoms with E-state index in [0.29, 0.717) is 18.8 Å². The SMILES string of the molecule is NC(=O)CN1CCC(N2CC(=O)N(c3ccccc3)C2=O)CC1. The minimum absolute atomic E-state index is 0.0317. The van der Waals surface area contributed by atoms with E-state index in [1.165, 1.54) is 4.90 Å². The van der Waals surface area contributed by atoms with Crippen LogP contribution in [0, 0.1) is 0 Å². The summed E-state index contributed by atoms with van der Waals surface area (Å²) in [7, 11) is 0. The first-order valence-electron chi connectivity index (χ1n) is 7.75. The number of benzene rings is 1. The smallest absolute Gasteiger partial charge is 0.332 e. The van der Waals surface area contributed by atoms with E-state index in [9.17, 15) is 14.4 Å². The van der Waals surface area contributed by atoms with E-state index in [1.807, 2.05) is 11.0 Å². The number of hydrogen-bond acceptors (Lipinski definition) is 4. The van der Waals surface area contributed by atoms with Crippen LogP contribution in [-0.4, -0.2) is 59.9 Å². The summed E-state index contributed by atoms with van der Waals surface area (Å²) in [6.07, 6.45) is 1.49. The highest BCUT2D eigenvalue weighted by molar-refractivity contribution is 6.19. The van der Waals surface area contributed by atoms with Gasteiger partial charge in [-0.25, -0.2) is 9.69 Å². The van der Waals surface area contributed by atoms with Gasteiger partial charge in [-0.05, 0) is 25.0 Å². The molecule has 1 aromatic rings. The van der Waals surface area contributed by atoms with E-state index >= 15 is 0 Å². The zero-order chi connectivity index (χ0) is 16.4. The number of likely N-dealkylation sites (tertiary alicyclic amines) is 1. The van der Waals surface area contributed by atoms with Gasteiger partial charge in [0.25, 0.3) is 5.91 Å². The molecule has 2 heterocycles. The summed E-state index contributed by atoms with van der Waals surface area (Å²) >= 11 is 0. The number of imide groups is 1. The lowest BCUT2D eigenvalue weighted by atomic mass is 10.0. The van der Waals surface area contributed by atoms with Crippen molar-refractivity contribution in [1.82, 2.24) is 9.80 Å². The van der Waals surface area contributed by atoms with Gasteiger partial charge in [0, 0.05) is 19.1 Å². The lowest BCUT2D eigenvalue weighted by Crippen LogP contribution is -2.48. The summed E-state index contributed by atoms with van der Waals surface area (Å²) < 4.78 is 0. The van der Waals surface area contributed by atoms with Crippen molar-refractivity contribution < 1.29 is 14.4 Å². The average Bonchev–Trinajstić information content (AvgIpc) is 2.83. The lowest BCUT2D eigenvalue weighted by Gasteiger charge is -2.35. The Morgan fingerprint density at radius 2 is 1.78 bits per heavy atom. The quantitative estimate of drug-likeness (QED) is 0.815. The van der Waals surface area contributed by atoms with Gasteiger partial charge in [0.05, 0.1) is 12.2 Å².